The van der Waals surface area contributed by atoms with E-state index in [9.17, 15) is 5.11 Å². The van der Waals surface area contributed by atoms with Gasteiger partial charge in [-0.1, -0.05) is 86.6 Å². The average molecular weight is 638 g/mol. The number of ether oxygens (including phenoxy) is 1. The minimum absolute atomic E-state index is 0.0572. The van der Waals surface area contributed by atoms with Gasteiger partial charge in [0.05, 0.1) is 22.5 Å². The van der Waals surface area contributed by atoms with Crippen molar-refractivity contribution >= 4 is 34.5 Å². The molecule has 2 heterocycles. The number of rotatable bonds is 7. The number of aliphatic carboxylic acids is 1. The molecule has 1 saturated heterocycles. The molecule has 2 fully saturated rings. The molecule has 0 spiro atoms. The highest BCUT2D eigenvalue weighted by Crippen LogP contribution is 2.46. The summed E-state index contributed by atoms with van der Waals surface area (Å²) >= 11 is 6.47. The molecule has 4 N–H and O–H groups in total. The van der Waals surface area contributed by atoms with Crippen molar-refractivity contribution in [3.63, 3.8) is 0 Å². The van der Waals surface area contributed by atoms with Crippen molar-refractivity contribution in [1.29, 1.82) is 0 Å². The third-order valence-corrected chi connectivity index (χ3v) is 6.58. The molecule has 7 nitrogen and oxygen atoms in total. The topological polar surface area (TPSA) is 94.1 Å². The highest BCUT2D eigenvalue weighted by atomic mass is 35.5. The number of halogens is 1. The van der Waals surface area contributed by atoms with E-state index in [0.717, 1.165) is 85.6 Å². The van der Waals surface area contributed by atoms with Gasteiger partial charge in [0, 0.05) is 49.5 Å². The van der Waals surface area contributed by atoms with Crippen LogP contribution in [0.2, 0.25) is 5.02 Å². The third kappa shape index (κ3) is 17.7. The number of carboxylic acid groups (broad SMARTS) is 1. The minimum Gasteiger partial charge on any atom is -0.508 e. The maximum Gasteiger partial charge on any atom is 0.300 e. The molecule has 1 aromatic rings. The Hall–Kier alpha value is -2.48. The Morgan fingerprint density at radius 2 is 1.68 bits per heavy atom. The second-order valence-corrected chi connectivity index (χ2v) is 11.6. The number of aliphatic hydroxyl groups is 1. The summed E-state index contributed by atoms with van der Waals surface area (Å²) in [6.07, 6.45) is 9.28. The Bertz CT molecular complexity index is 999. The van der Waals surface area contributed by atoms with Crippen LogP contribution in [0, 0.1) is 5.92 Å². The lowest BCUT2D eigenvalue weighted by molar-refractivity contribution is -0.134. The largest absolute Gasteiger partial charge is 0.508 e. The number of anilines is 2. The number of hydrogen-bond acceptors (Lipinski definition) is 6. The smallest absolute Gasteiger partial charge is 0.300 e. The fourth-order valence-electron chi connectivity index (χ4n) is 4.15. The Morgan fingerprint density at radius 3 is 2.09 bits per heavy atom. The SMILES string of the molecule is C=C(O)C1=CN(C2CC2)c2cc(Cl)c(NCCCC)cc2C1=C.CC.CC.CC(=O)O.CC(C)C.CNC1CCOC(C)C1. The molecule has 8 heteroatoms. The van der Waals surface area contributed by atoms with Gasteiger partial charge in [-0.3, -0.25) is 4.79 Å². The standard InChI is InChI=1S/C19H23ClN2O.C7H15NO.C4H10.C2H4O2.2C2H6/c1-4-5-8-21-18-9-15-12(2)16(13(3)23)11-22(14-6-7-14)19(15)10-17(18)20;1-6-5-7(8-2)3-4-9-6;1-4(2)3;1-2(3)4;2*1-2/h9-11,14,21,23H,2-8H2,1H3;6-8H,3-5H2,1-2H3;4H,1-3H3;1H3,(H,3,4);2*1-2H3. The van der Waals surface area contributed by atoms with Gasteiger partial charge < -0.3 is 30.5 Å². The average Bonchev–Trinajstić information content (AvgIpc) is 3.81. The first-order valence-corrected chi connectivity index (χ1v) is 16.8. The molecular weight excluding hydrogens is 574 g/mol. The number of allylic oxidation sites excluding steroid dienone is 1. The van der Waals surface area contributed by atoms with Gasteiger partial charge in [-0.2, -0.15) is 0 Å². The minimum atomic E-state index is -0.833. The van der Waals surface area contributed by atoms with E-state index in [-0.39, 0.29) is 5.76 Å². The van der Waals surface area contributed by atoms with Gasteiger partial charge in [0.2, 0.25) is 0 Å². The van der Waals surface area contributed by atoms with E-state index < -0.39 is 5.97 Å². The molecule has 1 saturated carbocycles. The molecule has 44 heavy (non-hydrogen) atoms. The van der Waals surface area contributed by atoms with Crippen LogP contribution in [0.5, 0.6) is 0 Å². The van der Waals surface area contributed by atoms with E-state index in [1.54, 1.807) is 0 Å². The Kier molecular flexibility index (Phi) is 24.6. The highest BCUT2D eigenvalue weighted by Gasteiger charge is 2.34. The second-order valence-electron chi connectivity index (χ2n) is 11.2. The molecule has 3 aliphatic rings. The van der Waals surface area contributed by atoms with E-state index in [1.807, 2.05) is 53.1 Å². The molecule has 0 bridgehead atoms. The highest BCUT2D eigenvalue weighted by molar-refractivity contribution is 6.33. The van der Waals surface area contributed by atoms with E-state index >= 15 is 0 Å². The van der Waals surface area contributed by atoms with Crippen LogP contribution in [0.1, 0.15) is 113 Å². The van der Waals surface area contributed by atoms with Gasteiger partial charge in [-0.25, -0.2) is 0 Å². The maximum atomic E-state index is 9.90. The summed E-state index contributed by atoms with van der Waals surface area (Å²) in [4.78, 5) is 11.2. The van der Waals surface area contributed by atoms with Crippen molar-refractivity contribution in [3.8, 4) is 0 Å². The lowest BCUT2D eigenvalue weighted by atomic mass is 9.93. The zero-order chi connectivity index (χ0) is 34.4. The fraction of sp³-hybridized carbons (Fsp3) is 0.639. The quantitative estimate of drug-likeness (QED) is 0.174. The van der Waals surface area contributed by atoms with Gasteiger partial charge >= 0.3 is 0 Å². The van der Waals surface area contributed by atoms with Crippen molar-refractivity contribution in [2.45, 2.75) is 126 Å². The first-order chi connectivity index (χ1) is 20.8. The van der Waals surface area contributed by atoms with Crippen molar-refractivity contribution in [2.75, 3.05) is 30.4 Å². The van der Waals surface area contributed by atoms with Crippen LogP contribution in [0.3, 0.4) is 0 Å². The normalized spacial score (nSPS) is 18.0. The van der Waals surface area contributed by atoms with Gasteiger partial charge in [-0.15, -0.1) is 0 Å². The molecule has 0 radical (unpaired) electrons. The lowest BCUT2D eigenvalue weighted by Crippen LogP contribution is -2.35. The molecule has 2 atom stereocenters. The van der Waals surface area contributed by atoms with E-state index in [1.165, 1.54) is 6.42 Å². The summed E-state index contributed by atoms with van der Waals surface area (Å²) in [5.74, 6) is 0.0572. The van der Waals surface area contributed by atoms with E-state index in [2.05, 4.69) is 63.3 Å². The van der Waals surface area contributed by atoms with Crippen LogP contribution in [0.15, 0.2) is 42.8 Å². The van der Waals surface area contributed by atoms with Gasteiger partial charge in [0.15, 0.2) is 0 Å². The number of aliphatic hydroxyl groups excluding tert-OH is 1. The molecule has 2 aliphatic heterocycles. The number of unbranched alkanes of at least 4 members (excludes halogenated alkanes) is 1. The van der Waals surface area contributed by atoms with E-state index in [4.69, 9.17) is 26.2 Å². The first kappa shape index (κ1) is 43.6. The summed E-state index contributed by atoms with van der Waals surface area (Å²) in [6, 6.07) is 5.21. The lowest BCUT2D eigenvalue weighted by Gasteiger charge is -2.31. The molecule has 4 rings (SSSR count). The summed E-state index contributed by atoms with van der Waals surface area (Å²) in [5, 5.41) is 24.7. The van der Waals surface area contributed by atoms with Crippen molar-refractivity contribution in [3.05, 3.63) is 53.4 Å². The van der Waals surface area contributed by atoms with Gasteiger partial charge in [0.25, 0.3) is 5.97 Å². The number of carboxylic acids is 1. The van der Waals surface area contributed by atoms with Crippen LogP contribution in [-0.2, 0) is 9.53 Å². The summed E-state index contributed by atoms with van der Waals surface area (Å²) in [6.45, 7) is 29.5. The van der Waals surface area contributed by atoms with Crippen molar-refractivity contribution < 1.29 is 19.7 Å². The Balaban J connectivity index is 0. The van der Waals surface area contributed by atoms with Gasteiger partial charge in [-0.05, 0) is 69.7 Å². The first-order valence-electron chi connectivity index (χ1n) is 16.5. The zero-order valence-corrected chi connectivity index (χ0v) is 30.4. The molecule has 0 amide bonds. The molecule has 1 aliphatic carbocycles. The number of hydrogen-bond donors (Lipinski definition) is 4. The van der Waals surface area contributed by atoms with Crippen LogP contribution in [-0.4, -0.2) is 54.6 Å². The molecule has 1 aromatic carbocycles. The molecular formula is C36H64ClN3O4. The number of benzene rings is 1. The predicted molar refractivity (Wildman–Crippen MR) is 193 cm³/mol. The molecule has 254 valence electrons. The van der Waals surface area contributed by atoms with Crippen molar-refractivity contribution in [1.82, 2.24) is 5.32 Å². The number of fused-ring (bicyclic) bond motifs is 1. The monoisotopic (exact) mass is 637 g/mol. The Morgan fingerprint density at radius 1 is 1.14 bits per heavy atom. The molecule has 2 unspecified atom stereocenters. The van der Waals surface area contributed by atoms with Crippen LogP contribution >= 0.6 is 11.6 Å². The number of nitrogens with one attached hydrogen (secondary N) is 2. The second kappa shape index (κ2) is 24.8. The fourth-order valence-corrected chi connectivity index (χ4v) is 4.37. The van der Waals surface area contributed by atoms with Gasteiger partial charge in [0.1, 0.15) is 5.76 Å². The van der Waals surface area contributed by atoms with E-state index in [0.29, 0.717) is 23.8 Å². The van der Waals surface area contributed by atoms with Crippen LogP contribution in [0.4, 0.5) is 11.4 Å². The zero-order valence-electron chi connectivity index (χ0n) is 29.6. The maximum absolute atomic E-state index is 9.90. The summed E-state index contributed by atoms with van der Waals surface area (Å²) in [7, 11) is 2.02. The molecule has 0 aromatic heterocycles. The number of nitrogens with zero attached hydrogens (tertiary/aromatic N) is 1. The summed E-state index contributed by atoms with van der Waals surface area (Å²) in [5.41, 5.74) is 4.48. The van der Waals surface area contributed by atoms with Crippen LogP contribution in [0.25, 0.3) is 5.57 Å². The van der Waals surface area contributed by atoms with Crippen molar-refractivity contribution in [2.24, 2.45) is 5.92 Å². The summed E-state index contributed by atoms with van der Waals surface area (Å²) < 4.78 is 5.37. The number of carbonyl (C=O) groups is 1. The third-order valence-electron chi connectivity index (χ3n) is 6.27. The Labute approximate surface area is 274 Å². The van der Waals surface area contributed by atoms with Crippen LogP contribution < -0.4 is 15.5 Å². The predicted octanol–water partition coefficient (Wildman–Crippen LogP) is 10.1.